The lowest BCUT2D eigenvalue weighted by atomic mass is 10.2. The molecule has 0 radical (unpaired) electrons. The van der Waals surface area contributed by atoms with Crippen molar-refractivity contribution in [2.24, 2.45) is 11.5 Å². The number of rotatable bonds is 3. The van der Waals surface area contributed by atoms with Gasteiger partial charge in [-0.05, 0) is 6.92 Å². The molecule has 0 aromatic carbocycles. The fourth-order valence-corrected chi connectivity index (χ4v) is 0.463. The van der Waals surface area contributed by atoms with E-state index in [1.165, 1.54) is 0 Å². The summed E-state index contributed by atoms with van der Waals surface area (Å²) in [6.07, 6.45) is 0.520. The van der Waals surface area contributed by atoms with Crippen molar-refractivity contribution in [2.45, 2.75) is 25.6 Å². The van der Waals surface area contributed by atoms with Crippen molar-refractivity contribution >= 4 is 0 Å². The summed E-state index contributed by atoms with van der Waals surface area (Å²) in [5.74, 6) is 0. The van der Waals surface area contributed by atoms with Crippen LogP contribution in [-0.4, -0.2) is 19.4 Å². The third-order valence-electron chi connectivity index (χ3n) is 0.907. The van der Waals surface area contributed by atoms with E-state index < -0.39 is 0 Å². The molecule has 3 heteroatoms. The first-order valence-corrected chi connectivity index (χ1v) is 2.70. The van der Waals surface area contributed by atoms with Gasteiger partial charge in [0.1, 0.15) is 6.23 Å². The molecule has 0 amide bonds. The van der Waals surface area contributed by atoms with E-state index in [0.29, 0.717) is 0 Å². The zero-order valence-electron chi connectivity index (χ0n) is 5.42. The average molecular weight is 118 g/mol. The summed E-state index contributed by atoms with van der Waals surface area (Å²) in [5, 5.41) is 0. The SMILES string of the molecule is COC(N)CC(C)N. The second kappa shape index (κ2) is 3.83. The van der Waals surface area contributed by atoms with Gasteiger partial charge in [0.05, 0.1) is 0 Å². The van der Waals surface area contributed by atoms with E-state index in [1.807, 2.05) is 6.92 Å². The molecular weight excluding hydrogens is 104 g/mol. The third kappa shape index (κ3) is 4.05. The minimum absolute atomic E-state index is 0.130. The molecule has 3 nitrogen and oxygen atoms in total. The minimum atomic E-state index is -0.199. The van der Waals surface area contributed by atoms with Crippen LogP contribution < -0.4 is 11.5 Å². The Kier molecular flexibility index (Phi) is 3.77. The molecule has 50 valence electrons. The Morgan fingerprint density at radius 3 is 2.12 bits per heavy atom. The van der Waals surface area contributed by atoms with Gasteiger partial charge in [0.15, 0.2) is 0 Å². The van der Waals surface area contributed by atoms with Gasteiger partial charge in [-0.25, -0.2) is 0 Å². The van der Waals surface area contributed by atoms with E-state index in [2.05, 4.69) is 0 Å². The van der Waals surface area contributed by atoms with E-state index in [4.69, 9.17) is 16.2 Å². The number of nitrogens with two attached hydrogens (primary N) is 2. The molecule has 0 aliphatic rings. The summed E-state index contributed by atoms with van der Waals surface area (Å²) in [6, 6.07) is 0.130. The lowest BCUT2D eigenvalue weighted by Gasteiger charge is -2.10. The van der Waals surface area contributed by atoms with Crippen LogP contribution in [0.1, 0.15) is 13.3 Å². The molecule has 0 aromatic heterocycles. The quantitative estimate of drug-likeness (QED) is 0.498. The van der Waals surface area contributed by atoms with E-state index in [0.717, 1.165) is 6.42 Å². The van der Waals surface area contributed by atoms with Gasteiger partial charge in [-0.2, -0.15) is 0 Å². The topological polar surface area (TPSA) is 61.3 Å². The molecular formula is C5H14N2O. The molecule has 0 aliphatic carbocycles. The highest BCUT2D eigenvalue weighted by atomic mass is 16.5. The van der Waals surface area contributed by atoms with E-state index in [-0.39, 0.29) is 12.3 Å². The highest BCUT2D eigenvalue weighted by molar-refractivity contribution is 4.56. The summed E-state index contributed by atoms with van der Waals surface area (Å²) < 4.78 is 4.76. The molecule has 0 aliphatic heterocycles. The van der Waals surface area contributed by atoms with Gasteiger partial charge < -0.3 is 16.2 Å². The van der Waals surface area contributed by atoms with E-state index >= 15 is 0 Å². The molecule has 0 heterocycles. The second-order valence-corrected chi connectivity index (χ2v) is 1.99. The van der Waals surface area contributed by atoms with Gasteiger partial charge in [0, 0.05) is 19.6 Å². The first-order chi connectivity index (χ1) is 3.66. The normalized spacial score (nSPS) is 18.0. The summed E-state index contributed by atoms with van der Waals surface area (Å²) >= 11 is 0. The molecule has 0 spiro atoms. The van der Waals surface area contributed by atoms with Gasteiger partial charge in [-0.1, -0.05) is 0 Å². The predicted molar refractivity (Wildman–Crippen MR) is 33.3 cm³/mol. The Bertz CT molecular complexity index is 56.4. The van der Waals surface area contributed by atoms with Gasteiger partial charge in [-0.3, -0.25) is 0 Å². The van der Waals surface area contributed by atoms with Crippen LogP contribution in [0.15, 0.2) is 0 Å². The van der Waals surface area contributed by atoms with Crippen molar-refractivity contribution in [1.29, 1.82) is 0 Å². The summed E-state index contributed by atoms with van der Waals surface area (Å²) in [4.78, 5) is 0. The Morgan fingerprint density at radius 2 is 2.00 bits per heavy atom. The Labute approximate surface area is 50.0 Å². The maximum atomic E-state index is 5.41. The smallest absolute Gasteiger partial charge is 0.106 e. The van der Waals surface area contributed by atoms with E-state index in [1.54, 1.807) is 7.11 Å². The number of ether oxygens (including phenoxy) is 1. The van der Waals surface area contributed by atoms with Crippen LogP contribution in [0.25, 0.3) is 0 Å². The Morgan fingerprint density at radius 1 is 1.50 bits per heavy atom. The van der Waals surface area contributed by atoms with Crippen LogP contribution in [0.4, 0.5) is 0 Å². The second-order valence-electron chi connectivity index (χ2n) is 1.99. The summed E-state index contributed by atoms with van der Waals surface area (Å²) in [7, 11) is 1.58. The fourth-order valence-electron chi connectivity index (χ4n) is 0.463. The standard InChI is InChI=1S/C5H14N2O/c1-4(6)3-5(7)8-2/h4-5H,3,6-7H2,1-2H3. The minimum Gasteiger partial charge on any atom is -0.367 e. The van der Waals surface area contributed by atoms with Crippen molar-refractivity contribution in [1.82, 2.24) is 0 Å². The summed E-state index contributed by atoms with van der Waals surface area (Å²) in [6.45, 7) is 1.90. The zero-order valence-corrected chi connectivity index (χ0v) is 5.42. The van der Waals surface area contributed by atoms with Crippen LogP contribution >= 0.6 is 0 Å². The molecule has 8 heavy (non-hydrogen) atoms. The van der Waals surface area contributed by atoms with Crippen molar-refractivity contribution < 1.29 is 4.74 Å². The molecule has 0 saturated heterocycles. The monoisotopic (exact) mass is 118 g/mol. The molecule has 0 aromatic rings. The number of methoxy groups -OCH3 is 1. The fraction of sp³-hybridized carbons (Fsp3) is 1.00. The van der Waals surface area contributed by atoms with Gasteiger partial charge in [-0.15, -0.1) is 0 Å². The molecule has 2 unspecified atom stereocenters. The largest absolute Gasteiger partial charge is 0.367 e. The first kappa shape index (κ1) is 7.88. The molecule has 4 N–H and O–H groups in total. The van der Waals surface area contributed by atoms with Crippen molar-refractivity contribution in [3.63, 3.8) is 0 Å². The number of hydrogen-bond acceptors (Lipinski definition) is 3. The molecule has 0 rings (SSSR count). The Balaban J connectivity index is 3.10. The van der Waals surface area contributed by atoms with Crippen LogP contribution in [-0.2, 0) is 4.74 Å². The average Bonchev–Trinajstić information content (AvgIpc) is 1.65. The third-order valence-corrected chi connectivity index (χ3v) is 0.907. The zero-order chi connectivity index (χ0) is 6.57. The molecule has 0 fully saturated rings. The Hall–Kier alpha value is -0.120. The lowest BCUT2D eigenvalue weighted by molar-refractivity contribution is 0.0962. The van der Waals surface area contributed by atoms with Crippen LogP contribution in [0.2, 0.25) is 0 Å². The van der Waals surface area contributed by atoms with Crippen LogP contribution in [0.5, 0.6) is 0 Å². The summed E-state index contributed by atoms with van der Waals surface area (Å²) in [5.41, 5.74) is 10.8. The first-order valence-electron chi connectivity index (χ1n) is 2.70. The highest BCUT2D eigenvalue weighted by Crippen LogP contribution is 1.90. The lowest BCUT2D eigenvalue weighted by Crippen LogP contribution is -2.30. The van der Waals surface area contributed by atoms with Crippen molar-refractivity contribution in [3.8, 4) is 0 Å². The number of hydrogen-bond donors (Lipinski definition) is 2. The maximum Gasteiger partial charge on any atom is 0.106 e. The van der Waals surface area contributed by atoms with Gasteiger partial charge in [0.2, 0.25) is 0 Å². The van der Waals surface area contributed by atoms with Crippen LogP contribution in [0, 0.1) is 0 Å². The molecule has 0 bridgehead atoms. The maximum absolute atomic E-state index is 5.41. The molecule has 0 saturated carbocycles. The van der Waals surface area contributed by atoms with Crippen molar-refractivity contribution in [2.75, 3.05) is 7.11 Å². The predicted octanol–water partition coefficient (Wildman–Crippen LogP) is -0.345. The van der Waals surface area contributed by atoms with E-state index in [9.17, 15) is 0 Å². The molecule has 2 atom stereocenters. The highest BCUT2D eigenvalue weighted by Gasteiger charge is 2.01. The van der Waals surface area contributed by atoms with Gasteiger partial charge >= 0.3 is 0 Å². The van der Waals surface area contributed by atoms with Gasteiger partial charge in [0.25, 0.3) is 0 Å². The van der Waals surface area contributed by atoms with Crippen LogP contribution in [0.3, 0.4) is 0 Å². The van der Waals surface area contributed by atoms with Crippen molar-refractivity contribution in [3.05, 3.63) is 0 Å².